The lowest BCUT2D eigenvalue weighted by Crippen LogP contribution is -2.53. The maximum absolute atomic E-state index is 14.1. The molecule has 3 aromatic rings. The molecule has 5 rings (SSSR count). The number of hydrogen-bond donors (Lipinski definition) is 0. The number of imide groups is 1. The lowest BCUT2D eigenvalue weighted by atomic mass is 9.94. The minimum atomic E-state index is -0.905. The van der Waals surface area contributed by atoms with Gasteiger partial charge in [-0.2, -0.15) is 0 Å². The normalized spacial score (nSPS) is 18.8. The Kier molecular flexibility index (Phi) is 5.73. The van der Waals surface area contributed by atoms with Gasteiger partial charge in [-0.3, -0.25) is 24.3 Å². The van der Waals surface area contributed by atoms with Crippen LogP contribution in [0.3, 0.4) is 0 Å². The van der Waals surface area contributed by atoms with Crippen LogP contribution < -0.4 is 0 Å². The van der Waals surface area contributed by atoms with Crippen molar-refractivity contribution in [2.45, 2.75) is 37.8 Å². The molecule has 1 saturated heterocycles. The minimum absolute atomic E-state index is 0.117. The van der Waals surface area contributed by atoms with Gasteiger partial charge in [-0.1, -0.05) is 48.5 Å². The van der Waals surface area contributed by atoms with Crippen LogP contribution in [0.15, 0.2) is 79.1 Å². The highest BCUT2D eigenvalue weighted by molar-refractivity contribution is 6.22. The third-order valence-electron chi connectivity index (χ3n) is 6.55. The Morgan fingerprint density at radius 2 is 1.61 bits per heavy atom. The summed E-state index contributed by atoms with van der Waals surface area (Å²) in [6.07, 6.45) is 6.53. The van der Waals surface area contributed by atoms with Gasteiger partial charge in [0, 0.05) is 25.4 Å². The van der Waals surface area contributed by atoms with Crippen molar-refractivity contribution in [1.82, 2.24) is 14.8 Å². The average molecular weight is 440 g/mol. The summed E-state index contributed by atoms with van der Waals surface area (Å²) in [6.45, 7) is 0.590. The van der Waals surface area contributed by atoms with E-state index in [1.165, 1.54) is 4.90 Å². The third kappa shape index (κ3) is 3.93. The summed E-state index contributed by atoms with van der Waals surface area (Å²) in [6, 6.07) is 19.2. The molecule has 0 aliphatic carbocycles. The summed E-state index contributed by atoms with van der Waals surface area (Å²) in [5.74, 6) is -0.999. The first kappa shape index (κ1) is 21.1. The van der Waals surface area contributed by atoms with Crippen molar-refractivity contribution in [2.75, 3.05) is 6.54 Å². The van der Waals surface area contributed by atoms with Crippen LogP contribution in [-0.2, 0) is 11.2 Å². The van der Waals surface area contributed by atoms with Crippen LogP contribution in [0.1, 0.15) is 57.1 Å². The predicted octanol–water partition coefficient (Wildman–Crippen LogP) is 4.04. The molecule has 0 N–H and O–H groups in total. The molecule has 2 unspecified atom stereocenters. The van der Waals surface area contributed by atoms with E-state index in [1.807, 2.05) is 47.4 Å². The molecule has 33 heavy (non-hydrogen) atoms. The van der Waals surface area contributed by atoms with Crippen molar-refractivity contribution in [1.29, 1.82) is 0 Å². The molecule has 2 aliphatic rings. The molecule has 2 aromatic carbocycles. The van der Waals surface area contributed by atoms with Crippen molar-refractivity contribution in [3.63, 3.8) is 0 Å². The molecular weight excluding hydrogens is 414 g/mol. The fourth-order valence-corrected chi connectivity index (χ4v) is 4.92. The van der Waals surface area contributed by atoms with Crippen LogP contribution in [0, 0.1) is 0 Å². The van der Waals surface area contributed by atoms with E-state index >= 15 is 0 Å². The van der Waals surface area contributed by atoms with Gasteiger partial charge < -0.3 is 4.90 Å². The van der Waals surface area contributed by atoms with E-state index in [2.05, 4.69) is 4.98 Å². The molecule has 1 aromatic heterocycles. The first-order valence-corrected chi connectivity index (χ1v) is 11.4. The molecule has 0 spiro atoms. The van der Waals surface area contributed by atoms with E-state index in [0.29, 0.717) is 17.7 Å². The highest BCUT2D eigenvalue weighted by Gasteiger charge is 2.45. The first-order chi connectivity index (χ1) is 16.1. The van der Waals surface area contributed by atoms with Crippen molar-refractivity contribution < 1.29 is 14.4 Å². The second kappa shape index (κ2) is 8.98. The van der Waals surface area contributed by atoms with E-state index < -0.39 is 17.9 Å². The lowest BCUT2D eigenvalue weighted by Gasteiger charge is -2.39. The molecule has 0 radical (unpaired) electrons. The highest BCUT2D eigenvalue weighted by atomic mass is 16.2. The Bertz CT molecular complexity index is 1140. The number of fused-ring (bicyclic) bond motifs is 1. The predicted molar refractivity (Wildman–Crippen MR) is 123 cm³/mol. The Morgan fingerprint density at radius 3 is 2.27 bits per heavy atom. The molecule has 1 fully saturated rings. The van der Waals surface area contributed by atoms with E-state index in [4.69, 9.17) is 0 Å². The molecule has 0 saturated carbocycles. The standard InChI is InChI=1S/C27H25N3O3/c31-25-21-12-4-5-13-22(21)26(32)30(25)24(17-19-9-2-1-3-10-19)27(33)29-16-7-6-14-23(29)20-11-8-15-28-18-20/h1-5,8-13,15,18,23-24H,6-7,14,16-17H2. The number of benzene rings is 2. The zero-order valence-corrected chi connectivity index (χ0v) is 18.3. The Hall–Kier alpha value is -3.80. The molecular formula is C27H25N3O3. The maximum Gasteiger partial charge on any atom is 0.262 e. The summed E-state index contributed by atoms with van der Waals surface area (Å²) in [5, 5.41) is 0. The Balaban J connectivity index is 1.52. The number of likely N-dealkylation sites (tertiary alicyclic amines) is 1. The minimum Gasteiger partial charge on any atom is -0.334 e. The van der Waals surface area contributed by atoms with E-state index in [9.17, 15) is 14.4 Å². The zero-order chi connectivity index (χ0) is 22.8. The molecule has 3 amide bonds. The summed E-state index contributed by atoms with van der Waals surface area (Å²) >= 11 is 0. The van der Waals surface area contributed by atoms with E-state index in [1.54, 1.807) is 36.7 Å². The molecule has 2 aliphatic heterocycles. The van der Waals surface area contributed by atoms with Gasteiger partial charge in [0.15, 0.2) is 0 Å². The fourth-order valence-electron chi connectivity index (χ4n) is 4.92. The van der Waals surface area contributed by atoms with Crippen LogP contribution >= 0.6 is 0 Å². The number of nitrogens with zero attached hydrogens (tertiary/aromatic N) is 3. The number of amides is 3. The van der Waals surface area contributed by atoms with Gasteiger partial charge in [0.05, 0.1) is 17.2 Å². The van der Waals surface area contributed by atoms with Crippen LogP contribution in [-0.4, -0.2) is 45.1 Å². The molecule has 0 bridgehead atoms. The lowest BCUT2D eigenvalue weighted by molar-refractivity contribution is -0.139. The third-order valence-corrected chi connectivity index (χ3v) is 6.55. The molecule has 6 heteroatoms. The Morgan fingerprint density at radius 1 is 0.909 bits per heavy atom. The average Bonchev–Trinajstić information content (AvgIpc) is 3.13. The van der Waals surface area contributed by atoms with Crippen LogP contribution in [0.5, 0.6) is 0 Å². The molecule has 166 valence electrons. The SMILES string of the molecule is O=C(C(Cc1ccccc1)N1C(=O)c2ccccc2C1=O)N1CCCCC1c1cccnc1. The van der Waals surface area contributed by atoms with Crippen LogP contribution in [0.25, 0.3) is 0 Å². The number of rotatable bonds is 5. The number of piperidine rings is 1. The van der Waals surface area contributed by atoms with Gasteiger partial charge in [-0.25, -0.2) is 0 Å². The second-order valence-corrected chi connectivity index (χ2v) is 8.56. The van der Waals surface area contributed by atoms with Gasteiger partial charge in [-0.05, 0) is 48.6 Å². The van der Waals surface area contributed by atoms with Crippen molar-refractivity contribution >= 4 is 17.7 Å². The molecule has 6 nitrogen and oxygen atoms in total. The highest BCUT2D eigenvalue weighted by Crippen LogP contribution is 2.33. The summed E-state index contributed by atoms with van der Waals surface area (Å²) in [5.41, 5.74) is 2.60. The van der Waals surface area contributed by atoms with E-state index in [-0.39, 0.29) is 18.4 Å². The molecule has 2 atom stereocenters. The van der Waals surface area contributed by atoms with Gasteiger partial charge in [0.25, 0.3) is 11.8 Å². The number of aromatic nitrogens is 1. The van der Waals surface area contributed by atoms with Gasteiger partial charge >= 0.3 is 0 Å². The summed E-state index contributed by atoms with van der Waals surface area (Å²) in [4.78, 5) is 47.9. The molecule has 3 heterocycles. The first-order valence-electron chi connectivity index (χ1n) is 11.4. The van der Waals surface area contributed by atoms with E-state index in [0.717, 1.165) is 30.4 Å². The number of carbonyl (C=O) groups is 3. The number of carbonyl (C=O) groups excluding carboxylic acids is 3. The quantitative estimate of drug-likeness (QED) is 0.563. The number of pyridine rings is 1. The van der Waals surface area contributed by atoms with Crippen LogP contribution in [0.2, 0.25) is 0 Å². The van der Waals surface area contributed by atoms with Crippen molar-refractivity contribution in [2.24, 2.45) is 0 Å². The van der Waals surface area contributed by atoms with Gasteiger partial charge in [0.2, 0.25) is 5.91 Å². The fraction of sp³-hybridized carbons (Fsp3) is 0.259. The maximum atomic E-state index is 14.1. The Labute approximate surface area is 192 Å². The second-order valence-electron chi connectivity index (χ2n) is 8.56. The number of hydrogen-bond acceptors (Lipinski definition) is 4. The van der Waals surface area contributed by atoms with Gasteiger partial charge in [-0.15, -0.1) is 0 Å². The van der Waals surface area contributed by atoms with Gasteiger partial charge in [0.1, 0.15) is 6.04 Å². The monoisotopic (exact) mass is 439 g/mol. The van der Waals surface area contributed by atoms with Crippen LogP contribution in [0.4, 0.5) is 0 Å². The smallest absolute Gasteiger partial charge is 0.262 e. The topological polar surface area (TPSA) is 70.6 Å². The summed E-state index contributed by atoms with van der Waals surface area (Å²) in [7, 11) is 0. The largest absolute Gasteiger partial charge is 0.334 e. The summed E-state index contributed by atoms with van der Waals surface area (Å²) < 4.78 is 0. The van der Waals surface area contributed by atoms with Crippen molar-refractivity contribution in [3.05, 3.63) is 101 Å². The zero-order valence-electron chi connectivity index (χ0n) is 18.3. The van der Waals surface area contributed by atoms with Crippen molar-refractivity contribution in [3.8, 4) is 0 Å².